The molecule has 0 saturated heterocycles. The molecular formula is C18H23Cl4NO3. The minimum atomic E-state index is -0.00768. The Balaban J connectivity index is 2.47. The average molecular weight is 443 g/mol. The zero-order chi connectivity index (χ0) is 19.7. The second-order valence-electron chi connectivity index (χ2n) is 6.48. The smallest absolute Gasteiger partial charge is 0.156 e. The molecule has 0 fully saturated rings. The fourth-order valence-electron chi connectivity index (χ4n) is 1.54. The topological polar surface area (TPSA) is 40.0 Å². The van der Waals surface area contributed by atoms with Gasteiger partial charge in [-0.1, -0.05) is 72.3 Å². The molecule has 0 aliphatic heterocycles. The van der Waals surface area contributed by atoms with Crippen molar-refractivity contribution in [1.82, 2.24) is 0 Å². The van der Waals surface area contributed by atoms with Crippen molar-refractivity contribution < 1.29 is 14.3 Å². The van der Waals surface area contributed by atoms with E-state index in [2.05, 4.69) is 25.9 Å². The summed E-state index contributed by atoms with van der Waals surface area (Å²) in [4.78, 5) is 5.30. The summed E-state index contributed by atoms with van der Waals surface area (Å²) in [5, 5.41) is 4.81. The SMILES string of the molecule is CC(=NOCCCOc1c(Cl)cc(OCC=C(Cl)Cl)cc1Cl)C(C)(C)C. The van der Waals surface area contributed by atoms with Crippen LogP contribution in [0.4, 0.5) is 0 Å². The minimum absolute atomic E-state index is 0.00768. The van der Waals surface area contributed by atoms with Crippen molar-refractivity contribution in [3.63, 3.8) is 0 Å². The zero-order valence-corrected chi connectivity index (χ0v) is 18.3. The van der Waals surface area contributed by atoms with Gasteiger partial charge in [-0.2, -0.15) is 0 Å². The summed E-state index contributed by atoms with van der Waals surface area (Å²) in [6.07, 6.45) is 2.16. The summed E-state index contributed by atoms with van der Waals surface area (Å²) in [5.41, 5.74) is 0.928. The highest BCUT2D eigenvalue weighted by Crippen LogP contribution is 2.37. The lowest BCUT2D eigenvalue weighted by Gasteiger charge is -2.17. The molecule has 0 aliphatic rings. The van der Waals surface area contributed by atoms with Crippen LogP contribution < -0.4 is 9.47 Å². The van der Waals surface area contributed by atoms with Gasteiger partial charge in [-0.05, 0) is 13.0 Å². The van der Waals surface area contributed by atoms with Crippen LogP contribution in [-0.4, -0.2) is 25.5 Å². The van der Waals surface area contributed by atoms with Crippen LogP contribution in [0.5, 0.6) is 11.5 Å². The molecule has 0 bridgehead atoms. The minimum Gasteiger partial charge on any atom is -0.490 e. The number of hydrogen-bond acceptors (Lipinski definition) is 4. The molecule has 146 valence electrons. The van der Waals surface area contributed by atoms with Crippen LogP contribution in [0.3, 0.4) is 0 Å². The number of ether oxygens (including phenoxy) is 2. The van der Waals surface area contributed by atoms with E-state index in [0.717, 1.165) is 5.71 Å². The highest BCUT2D eigenvalue weighted by Gasteiger charge is 2.14. The van der Waals surface area contributed by atoms with Gasteiger partial charge in [0.15, 0.2) is 5.75 Å². The van der Waals surface area contributed by atoms with Crippen LogP contribution in [0, 0.1) is 5.41 Å². The number of benzene rings is 1. The largest absolute Gasteiger partial charge is 0.490 e. The summed E-state index contributed by atoms with van der Waals surface area (Å²) < 4.78 is 11.2. The molecule has 0 saturated carbocycles. The standard InChI is InChI=1S/C18H23Cl4NO3/c1-12(18(2,3)4)23-26-8-5-7-25-17-14(19)10-13(11-15(17)20)24-9-6-16(21)22/h6,10-11H,5,7-9H2,1-4H3. The Kier molecular flexibility index (Phi) is 9.94. The molecular weight excluding hydrogens is 420 g/mol. The third-order valence-electron chi connectivity index (χ3n) is 3.37. The first kappa shape index (κ1) is 23.2. The maximum absolute atomic E-state index is 6.20. The van der Waals surface area contributed by atoms with Crippen molar-refractivity contribution >= 4 is 52.1 Å². The van der Waals surface area contributed by atoms with Crippen LogP contribution in [0.1, 0.15) is 34.1 Å². The van der Waals surface area contributed by atoms with Crippen LogP contribution in [-0.2, 0) is 4.84 Å². The number of rotatable bonds is 9. The molecule has 0 spiro atoms. The van der Waals surface area contributed by atoms with Gasteiger partial charge in [0.05, 0.1) is 22.4 Å². The molecule has 0 aromatic heterocycles. The van der Waals surface area contributed by atoms with E-state index in [-0.39, 0.29) is 16.5 Å². The predicted octanol–water partition coefficient (Wildman–Crippen LogP) is 6.90. The Morgan fingerprint density at radius 2 is 1.69 bits per heavy atom. The van der Waals surface area contributed by atoms with Crippen molar-refractivity contribution in [2.75, 3.05) is 19.8 Å². The van der Waals surface area contributed by atoms with Gasteiger partial charge in [-0.25, -0.2) is 0 Å². The number of nitrogens with zero attached hydrogens (tertiary/aromatic N) is 1. The monoisotopic (exact) mass is 441 g/mol. The molecule has 0 N–H and O–H groups in total. The number of halogens is 4. The molecule has 0 radical (unpaired) electrons. The van der Waals surface area contributed by atoms with Gasteiger partial charge >= 0.3 is 0 Å². The molecule has 1 rings (SSSR count). The molecule has 8 heteroatoms. The Hall–Kier alpha value is -0.810. The zero-order valence-electron chi connectivity index (χ0n) is 15.2. The summed E-state index contributed by atoms with van der Waals surface area (Å²) in [7, 11) is 0. The first-order valence-corrected chi connectivity index (χ1v) is 9.55. The van der Waals surface area contributed by atoms with Gasteiger partial charge in [0.2, 0.25) is 0 Å². The van der Waals surface area contributed by atoms with Crippen molar-refractivity contribution in [3.8, 4) is 11.5 Å². The Morgan fingerprint density at radius 3 is 2.23 bits per heavy atom. The molecule has 26 heavy (non-hydrogen) atoms. The predicted molar refractivity (Wildman–Crippen MR) is 110 cm³/mol. The van der Waals surface area contributed by atoms with Gasteiger partial charge in [0.25, 0.3) is 0 Å². The van der Waals surface area contributed by atoms with E-state index in [1.807, 2.05) is 6.92 Å². The molecule has 1 aromatic rings. The van der Waals surface area contributed by atoms with Gasteiger partial charge < -0.3 is 14.3 Å². The highest BCUT2D eigenvalue weighted by atomic mass is 35.5. The summed E-state index contributed by atoms with van der Waals surface area (Å²) in [6, 6.07) is 3.23. The van der Waals surface area contributed by atoms with E-state index < -0.39 is 0 Å². The summed E-state index contributed by atoms with van der Waals surface area (Å²) in [6.45, 7) is 9.23. The first-order valence-electron chi connectivity index (χ1n) is 8.04. The van der Waals surface area contributed by atoms with Crippen molar-refractivity contribution in [2.45, 2.75) is 34.1 Å². The Labute approximate surface area is 175 Å². The van der Waals surface area contributed by atoms with Crippen molar-refractivity contribution in [1.29, 1.82) is 0 Å². The second kappa shape index (κ2) is 11.1. The van der Waals surface area contributed by atoms with E-state index in [4.69, 9.17) is 60.7 Å². The maximum Gasteiger partial charge on any atom is 0.156 e. The average Bonchev–Trinajstić information content (AvgIpc) is 2.51. The molecule has 0 atom stereocenters. The fraction of sp³-hybridized carbons (Fsp3) is 0.500. The van der Waals surface area contributed by atoms with Crippen LogP contribution in [0.25, 0.3) is 0 Å². The van der Waals surface area contributed by atoms with E-state index in [1.165, 1.54) is 6.08 Å². The van der Waals surface area contributed by atoms with Gasteiger partial charge in [0, 0.05) is 24.0 Å². The normalized spacial score (nSPS) is 11.9. The molecule has 0 heterocycles. The van der Waals surface area contributed by atoms with E-state index >= 15 is 0 Å². The fourth-order valence-corrected chi connectivity index (χ4v) is 2.24. The lowest BCUT2D eigenvalue weighted by Crippen LogP contribution is -2.17. The van der Waals surface area contributed by atoms with E-state index in [9.17, 15) is 0 Å². The van der Waals surface area contributed by atoms with Crippen LogP contribution in [0.15, 0.2) is 27.9 Å². The lowest BCUT2D eigenvalue weighted by atomic mass is 9.91. The van der Waals surface area contributed by atoms with Gasteiger partial charge in [0.1, 0.15) is 23.5 Å². The Morgan fingerprint density at radius 1 is 1.08 bits per heavy atom. The molecule has 0 amide bonds. The number of oxime groups is 1. The highest BCUT2D eigenvalue weighted by molar-refractivity contribution is 6.55. The number of hydrogen-bond donors (Lipinski definition) is 0. The quantitative estimate of drug-likeness (QED) is 0.237. The molecule has 0 aliphatic carbocycles. The second-order valence-corrected chi connectivity index (χ2v) is 8.31. The maximum atomic E-state index is 6.20. The van der Waals surface area contributed by atoms with Crippen molar-refractivity contribution in [3.05, 3.63) is 32.7 Å². The van der Waals surface area contributed by atoms with Crippen LogP contribution >= 0.6 is 46.4 Å². The van der Waals surface area contributed by atoms with Gasteiger partial charge in [-0.3, -0.25) is 0 Å². The lowest BCUT2D eigenvalue weighted by molar-refractivity contribution is 0.125. The van der Waals surface area contributed by atoms with E-state index in [1.54, 1.807) is 12.1 Å². The van der Waals surface area contributed by atoms with Crippen LogP contribution in [0.2, 0.25) is 10.0 Å². The van der Waals surface area contributed by atoms with E-state index in [0.29, 0.717) is 41.2 Å². The summed E-state index contributed by atoms with van der Waals surface area (Å²) >= 11 is 23.4. The van der Waals surface area contributed by atoms with Crippen molar-refractivity contribution in [2.24, 2.45) is 10.6 Å². The third-order valence-corrected chi connectivity index (χ3v) is 4.24. The molecule has 0 unspecified atom stereocenters. The Bertz CT molecular complexity index is 627. The third kappa shape index (κ3) is 8.72. The summed E-state index contributed by atoms with van der Waals surface area (Å²) in [5.74, 6) is 0.898. The molecule has 1 aromatic carbocycles. The molecule has 4 nitrogen and oxygen atoms in total. The first-order chi connectivity index (χ1) is 12.1. The van der Waals surface area contributed by atoms with Gasteiger partial charge in [-0.15, -0.1) is 0 Å².